The van der Waals surface area contributed by atoms with Gasteiger partial charge in [0.1, 0.15) is 0 Å². The predicted molar refractivity (Wildman–Crippen MR) is 37.5 cm³/mol. The molecule has 1 saturated heterocycles. The lowest BCUT2D eigenvalue weighted by Crippen LogP contribution is -2.42. The molecule has 0 aromatic carbocycles. The van der Waals surface area contributed by atoms with Crippen LogP contribution in [-0.2, 0) is 4.74 Å². The Morgan fingerprint density at radius 3 is 2.78 bits per heavy atom. The molecule has 1 heterocycles. The molecule has 0 radical (unpaired) electrons. The normalized spacial score (nSPS) is 36.7. The first kappa shape index (κ1) is 7.03. The lowest BCUT2D eigenvalue weighted by Gasteiger charge is -2.27. The minimum absolute atomic E-state index is 0.406. The second-order valence-corrected chi connectivity index (χ2v) is 2.64. The molecule has 0 aromatic heterocycles. The van der Waals surface area contributed by atoms with Crippen molar-refractivity contribution in [2.45, 2.75) is 32.5 Å². The predicted octanol–water partition coefficient (Wildman–Crippen LogP) is 0.773. The van der Waals surface area contributed by atoms with Gasteiger partial charge in [-0.15, -0.1) is 0 Å². The van der Waals surface area contributed by atoms with E-state index in [-0.39, 0.29) is 0 Å². The molecule has 0 saturated carbocycles. The maximum atomic E-state index is 5.57. The topological polar surface area (TPSA) is 21.3 Å². The molecule has 0 bridgehead atoms. The zero-order valence-electron chi connectivity index (χ0n) is 6.18. The summed E-state index contributed by atoms with van der Waals surface area (Å²) in [6.45, 7) is 6.30. The van der Waals surface area contributed by atoms with Gasteiger partial charge in [-0.05, 0) is 13.3 Å². The average molecular weight is 129 g/mol. The minimum atomic E-state index is 0.406. The van der Waals surface area contributed by atoms with E-state index >= 15 is 0 Å². The maximum Gasteiger partial charge on any atom is 0.0701 e. The molecular weight excluding hydrogens is 114 g/mol. The molecule has 54 valence electrons. The Morgan fingerprint density at radius 1 is 1.56 bits per heavy atom. The third-order valence-electron chi connectivity index (χ3n) is 1.68. The van der Waals surface area contributed by atoms with Crippen molar-refractivity contribution in [3.05, 3.63) is 0 Å². The molecule has 1 fully saturated rings. The van der Waals surface area contributed by atoms with Crippen molar-refractivity contribution in [3.8, 4) is 0 Å². The van der Waals surface area contributed by atoms with Gasteiger partial charge < -0.3 is 10.1 Å². The third-order valence-corrected chi connectivity index (χ3v) is 1.68. The first-order valence-corrected chi connectivity index (χ1v) is 3.69. The SMILES string of the molecule is CC[C@@H]1CNC[C@@H](C)O1. The highest BCUT2D eigenvalue weighted by molar-refractivity contribution is 4.69. The molecule has 2 nitrogen and oxygen atoms in total. The van der Waals surface area contributed by atoms with Gasteiger partial charge in [0, 0.05) is 13.1 Å². The number of hydrogen-bond donors (Lipinski definition) is 1. The van der Waals surface area contributed by atoms with E-state index in [4.69, 9.17) is 4.74 Å². The zero-order valence-corrected chi connectivity index (χ0v) is 6.18. The zero-order chi connectivity index (χ0) is 6.69. The fraction of sp³-hybridized carbons (Fsp3) is 1.00. The van der Waals surface area contributed by atoms with Crippen molar-refractivity contribution in [2.24, 2.45) is 0 Å². The monoisotopic (exact) mass is 129 g/mol. The summed E-state index contributed by atoms with van der Waals surface area (Å²) in [4.78, 5) is 0. The summed E-state index contributed by atoms with van der Waals surface area (Å²) in [7, 11) is 0. The summed E-state index contributed by atoms with van der Waals surface area (Å²) in [6.07, 6.45) is 1.98. The van der Waals surface area contributed by atoms with E-state index in [1.807, 2.05) is 0 Å². The molecule has 0 unspecified atom stereocenters. The van der Waals surface area contributed by atoms with E-state index in [0.29, 0.717) is 12.2 Å². The maximum absolute atomic E-state index is 5.57. The molecule has 2 atom stereocenters. The fourth-order valence-corrected chi connectivity index (χ4v) is 1.11. The Kier molecular flexibility index (Phi) is 2.49. The summed E-state index contributed by atoms with van der Waals surface area (Å²) in [5.74, 6) is 0. The van der Waals surface area contributed by atoms with Crippen LogP contribution in [0.1, 0.15) is 20.3 Å². The molecule has 0 spiro atoms. The van der Waals surface area contributed by atoms with Crippen molar-refractivity contribution in [2.75, 3.05) is 13.1 Å². The molecule has 9 heavy (non-hydrogen) atoms. The number of hydrogen-bond acceptors (Lipinski definition) is 2. The fourth-order valence-electron chi connectivity index (χ4n) is 1.11. The van der Waals surface area contributed by atoms with Crippen LogP contribution in [-0.4, -0.2) is 25.3 Å². The van der Waals surface area contributed by atoms with Gasteiger partial charge in [0.2, 0.25) is 0 Å². The van der Waals surface area contributed by atoms with E-state index in [9.17, 15) is 0 Å². The van der Waals surface area contributed by atoms with E-state index < -0.39 is 0 Å². The van der Waals surface area contributed by atoms with Gasteiger partial charge in [-0.1, -0.05) is 6.92 Å². The first-order valence-electron chi connectivity index (χ1n) is 3.69. The number of ether oxygens (including phenoxy) is 1. The molecule has 2 heteroatoms. The number of rotatable bonds is 1. The molecule has 0 aromatic rings. The summed E-state index contributed by atoms with van der Waals surface area (Å²) >= 11 is 0. The Bertz CT molecular complexity index is 85.0. The van der Waals surface area contributed by atoms with Crippen LogP contribution in [0.15, 0.2) is 0 Å². The molecular formula is C7H15NO. The second-order valence-electron chi connectivity index (χ2n) is 2.64. The quantitative estimate of drug-likeness (QED) is 0.564. The molecule has 1 rings (SSSR count). The summed E-state index contributed by atoms with van der Waals surface area (Å²) in [6, 6.07) is 0. The average Bonchev–Trinajstić information content (AvgIpc) is 1.88. The Morgan fingerprint density at radius 2 is 2.33 bits per heavy atom. The van der Waals surface area contributed by atoms with Crippen LogP contribution in [0.5, 0.6) is 0 Å². The van der Waals surface area contributed by atoms with E-state index in [1.54, 1.807) is 0 Å². The molecule has 0 aliphatic carbocycles. The Hall–Kier alpha value is -0.0800. The number of nitrogens with one attached hydrogen (secondary N) is 1. The first-order chi connectivity index (χ1) is 4.33. The van der Waals surface area contributed by atoms with Crippen molar-refractivity contribution in [1.82, 2.24) is 5.32 Å². The highest BCUT2D eigenvalue weighted by Crippen LogP contribution is 2.05. The van der Waals surface area contributed by atoms with Crippen molar-refractivity contribution >= 4 is 0 Å². The highest BCUT2D eigenvalue weighted by Gasteiger charge is 2.15. The Balaban J connectivity index is 2.23. The van der Waals surface area contributed by atoms with E-state index in [2.05, 4.69) is 19.2 Å². The number of morpholine rings is 1. The molecule has 1 N–H and O–H groups in total. The molecule has 1 aliphatic heterocycles. The largest absolute Gasteiger partial charge is 0.373 e. The van der Waals surface area contributed by atoms with Gasteiger partial charge >= 0.3 is 0 Å². The van der Waals surface area contributed by atoms with Crippen LogP contribution in [0, 0.1) is 0 Å². The van der Waals surface area contributed by atoms with Gasteiger partial charge in [0.25, 0.3) is 0 Å². The standard InChI is InChI=1S/C7H15NO/c1-3-7-5-8-4-6(2)9-7/h6-8H,3-5H2,1-2H3/t6-,7-/m1/s1. The summed E-state index contributed by atoms with van der Waals surface area (Å²) in [5, 5.41) is 3.31. The van der Waals surface area contributed by atoms with Gasteiger partial charge in [-0.3, -0.25) is 0 Å². The van der Waals surface area contributed by atoms with Crippen LogP contribution in [0.2, 0.25) is 0 Å². The van der Waals surface area contributed by atoms with Crippen molar-refractivity contribution in [3.63, 3.8) is 0 Å². The van der Waals surface area contributed by atoms with Gasteiger partial charge in [0.15, 0.2) is 0 Å². The lowest BCUT2D eigenvalue weighted by molar-refractivity contribution is -0.0283. The second kappa shape index (κ2) is 3.18. The lowest BCUT2D eigenvalue weighted by atomic mass is 10.2. The smallest absolute Gasteiger partial charge is 0.0701 e. The van der Waals surface area contributed by atoms with Gasteiger partial charge in [0.05, 0.1) is 12.2 Å². The van der Waals surface area contributed by atoms with Crippen molar-refractivity contribution < 1.29 is 4.74 Å². The van der Waals surface area contributed by atoms with Gasteiger partial charge in [-0.2, -0.15) is 0 Å². The van der Waals surface area contributed by atoms with Crippen LogP contribution < -0.4 is 5.32 Å². The van der Waals surface area contributed by atoms with Gasteiger partial charge in [-0.25, -0.2) is 0 Å². The molecule has 0 amide bonds. The van der Waals surface area contributed by atoms with Crippen molar-refractivity contribution in [1.29, 1.82) is 0 Å². The van der Waals surface area contributed by atoms with Crippen LogP contribution in [0.25, 0.3) is 0 Å². The molecule has 1 aliphatic rings. The highest BCUT2D eigenvalue weighted by atomic mass is 16.5. The Labute approximate surface area is 56.6 Å². The van der Waals surface area contributed by atoms with Crippen LogP contribution in [0.4, 0.5) is 0 Å². The minimum Gasteiger partial charge on any atom is -0.373 e. The van der Waals surface area contributed by atoms with Crippen LogP contribution in [0.3, 0.4) is 0 Å². The third kappa shape index (κ3) is 1.95. The summed E-state index contributed by atoms with van der Waals surface area (Å²) < 4.78 is 5.57. The van der Waals surface area contributed by atoms with E-state index in [1.165, 1.54) is 0 Å². The van der Waals surface area contributed by atoms with Crippen LogP contribution >= 0.6 is 0 Å². The van der Waals surface area contributed by atoms with E-state index in [0.717, 1.165) is 19.5 Å². The summed E-state index contributed by atoms with van der Waals surface area (Å²) in [5.41, 5.74) is 0.